The van der Waals surface area contributed by atoms with Crippen molar-refractivity contribution in [3.05, 3.63) is 54.1 Å². The fraction of sp³-hybridized carbons (Fsp3) is 0.480. The van der Waals surface area contributed by atoms with Gasteiger partial charge in [0, 0.05) is 24.8 Å². The molecule has 0 radical (unpaired) electrons. The standard InChI is InChI=1S/C25H31NO3/c1-28-23-9-5-4-8-22(23)20-12-10-19(11-13-20)18-25(14-16-29-17-15-25)24(27)26-21-6-2-3-7-21/h4-5,8-13,21H,2-3,6-7,14-18H2,1H3,(H,26,27). The maximum absolute atomic E-state index is 13.3. The van der Waals surface area contributed by atoms with Crippen LogP contribution in [-0.2, 0) is 16.0 Å². The van der Waals surface area contributed by atoms with Crippen molar-refractivity contribution >= 4 is 5.91 Å². The molecule has 2 aliphatic rings. The van der Waals surface area contributed by atoms with Crippen LogP contribution in [0.1, 0.15) is 44.1 Å². The molecule has 4 rings (SSSR count). The molecule has 1 aliphatic carbocycles. The summed E-state index contributed by atoms with van der Waals surface area (Å²) in [5, 5.41) is 3.35. The molecule has 154 valence electrons. The van der Waals surface area contributed by atoms with Gasteiger partial charge in [0.2, 0.25) is 5.91 Å². The van der Waals surface area contributed by atoms with Gasteiger partial charge in [-0.05, 0) is 49.3 Å². The van der Waals surface area contributed by atoms with Gasteiger partial charge in [-0.3, -0.25) is 4.79 Å². The summed E-state index contributed by atoms with van der Waals surface area (Å²) in [5.74, 6) is 1.10. The van der Waals surface area contributed by atoms with Crippen molar-refractivity contribution < 1.29 is 14.3 Å². The van der Waals surface area contributed by atoms with Gasteiger partial charge in [0.15, 0.2) is 0 Å². The van der Waals surface area contributed by atoms with Crippen LogP contribution in [0.4, 0.5) is 0 Å². The van der Waals surface area contributed by atoms with Gasteiger partial charge in [-0.15, -0.1) is 0 Å². The number of benzene rings is 2. The van der Waals surface area contributed by atoms with Gasteiger partial charge in [-0.1, -0.05) is 55.3 Å². The van der Waals surface area contributed by atoms with Crippen LogP contribution in [0.5, 0.6) is 5.75 Å². The van der Waals surface area contributed by atoms with E-state index in [4.69, 9.17) is 9.47 Å². The molecule has 29 heavy (non-hydrogen) atoms. The Kier molecular flexibility index (Phi) is 6.19. The number of ether oxygens (including phenoxy) is 2. The Morgan fingerprint density at radius 1 is 1.07 bits per heavy atom. The van der Waals surface area contributed by atoms with Crippen LogP contribution in [0, 0.1) is 5.41 Å². The first-order valence-corrected chi connectivity index (χ1v) is 10.8. The van der Waals surface area contributed by atoms with E-state index < -0.39 is 0 Å². The van der Waals surface area contributed by atoms with Crippen molar-refractivity contribution in [3.63, 3.8) is 0 Å². The average molecular weight is 394 g/mol. The Labute approximate surface area is 173 Å². The van der Waals surface area contributed by atoms with E-state index in [9.17, 15) is 4.79 Å². The minimum atomic E-state index is -0.354. The van der Waals surface area contributed by atoms with Crippen molar-refractivity contribution in [2.75, 3.05) is 20.3 Å². The first-order chi connectivity index (χ1) is 14.2. The van der Waals surface area contributed by atoms with Crippen LogP contribution in [0.15, 0.2) is 48.5 Å². The van der Waals surface area contributed by atoms with Crippen molar-refractivity contribution in [3.8, 4) is 16.9 Å². The summed E-state index contributed by atoms with van der Waals surface area (Å²) in [6, 6.07) is 17.0. The SMILES string of the molecule is COc1ccccc1-c1ccc(CC2(C(=O)NC3CCCC3)CCOCC2)cc1. The lowest BCUT2D eigenvalue weighted by atomic mass is 9.74. The van der Waals surface area contributed by atoms with E-state index in [1.54, 1.807) is 7.11 Å². The molecule has 2 aromatic rings. The number of nitrogens with one attached hydrogen (secondary N) is 1. The third kappa shape index (κ3) is 4.48. The quantitative estimate of drug-likeness (QED) is 0.770. The van der Waals surface area contributed by atoms with E-state index in [2.05, 4.69) is 35.6 Å². The minimum Gasteiger partial charge on any atom is -0.496 e. The summed E-state index contributed by atoms with van der Waals surface area (Å²) in [6.45, 7) is 1.33. The van der Waals surface area contributed by atoms with Crippen molar-refractivity contribution in [1.29, 1.82) is 0 Å². The molecular formula is C25H31NO3. The number of para-hydroxylation sites is 1. The maximum atomic E-state index is 13.3. The highest BCUT2D eigenvalue weighted by atomic mass is 16.5. The molecule has 0 spiro atoms. The van der Waals surface area contributed by atoms with Gasteiger partial charge in [-0.2, -0.15) is 0 Å². The molecule has 1 saturated heterocycles. The second-order valence-corrected chi connectivity index (χ2v) is 8.42. The maximum Gasteiger partial charge on any atom is 0.226 e. The summed E-state index contributed by atoms with van der Waals surface area (Å²) in [6.07, 6.45) is 7.04. The van der Waals surface area contributed by atoms with E-state index in [0.717, 1.165) is 49.0 Å². The third-order valence-corrected chi connectivity index (χ3v) is 6.54. The Morgan fingerprint density at radius 3 is 2.45 bits per heavy atom. The number of carbonyl (C=O) groups is 1. The summed E-state index contributed by atoms with van der Waals surface area (Å²) in [7, 11) is 1.70. The largest absolute Gasteiger partial charge is 0.496 e. The molecule has 0 unspecified atom stereocenters. The highest BCUT2D eigenvalue weighted by Gasteiger charge is 2.41. The zero-order chi connectivity index (χ0) is 20.1. The number of carbonyl (C=O) groups excluding carboxylic acids is 1. The van der Waals surface area contributed by atoms with Gasteiger partial charge in [0.25, 0.3) is 0 Å². The van der Waals surface area contributed by atoms with Crippen LogP contribution in [-0.4, -0.2) is 32.3 Å². The predicted octanol–water partition coefficient (Wildman–Crippen LogP) is 4.76. The summed E-state index contributed by atoms with van der Waals surface area (Å²) >= 11 is 0. The monoisotopic (exact) mass is 393 g/mol. The van der Waals surface area contributed by atoms with Crippen LogP contribution in [0.25, 0.3) is 11.1 Å². The molecule has 0 bridgehead atoms. The second-order valence-electron chi connectivity index (χ2n) is 8.42. The number of rotatable bonds is 6. The molecule has 1 aliphatic heterocycles. The molecule has 1 heterocycles. The number of methoxy groups -OCH3 is 1. The Morgan fingerprint density at radius 2 is 1.76 bits per heavy atom. The minimum absolute atomic E-state index is 0.224. The van der Waals surface area contributed by atoms with E-state index in [1.165, 1.54) is 18.4 Å². The van der Waals surface area contributed by atoms with Crippen LogP contribution in [0.2, 0.25) is 0 Å². The van der Waals surface area contributed by atoms with Crippen molar-refractivity contribution in [1.82, 2.24) is 5.32 Å². The Hall–Kier alpha value is -2.33. The molecule has 1 saturated carbocycles. The molecule has 0 aromatic heterocycles. The van der Waals surface area contributed by atoms with Crippen LogP contribution < -0.4 is 10.1 Å². The first-order valence-electron chi connectivity index (χ1n) is 10.8. The number of hydrogen-bond acceptors (Lipinski definition) is 3. The van der Waals surface area contributed by atoms with Gasteiger partial charge in [-0.25, -0.2) is 0 Å². The topological polar surface area (TPSA) is 47.6 Å². The fourth-order valence-corrected chi connectivity index (χ4v) is 4.73. The average Bonchev–Trinajstić information content (AvgIpc) is 3.28. The summed E-state index contributed by atoms with van der Waals surface area (Å²) in [5.41, 5.74) is 3.06. The predicted molar refractivity (Wildman–Crippen MR) is 115 cm³/mol. The Bertz CT molecular complexity index is 818. The lowest BCUT2D eigenvalue weighted by Gasteiger charge is -2.37. The molecule has 2 fully saturated rings. The summed E-state index contributed by atoms with van der Waals surface area (Å²) in [4.78, 5) is 13.3. The zero-order valence-corrected chi connectivity index (χ0v) is 17.3. The van der Waals surface area contributed by atoms with Gasteiger partial charge < -0.3 is 14.8 Å². The lowest BCUT2D eigenvalue weighted by molar-refractivity contribution is -0.137. The van der Waals surface area contributed by atoms with Gasteiger partial charge in [0.1, 0.15) is 5.75 Å². The molecule has 4 heteroatoms. The van der Waals surface area contributed by atoms with Crippen LogP contribution >= 0.6 is 0 Å². The number of hydrogen-bond donors (Lipinski definition) is 1. The van der Waals surface area contributed by atoms with Gasteiger partial charge >= 0.3 is 0 Å². The molecule has 4 nitrogen and oxygen atoms in total. The molecular weight excluding hydrogens is 362 g/mol. The van der Waals surface area contributed by atoms with E-state index in [1.807, 2.05) is 18.2 Å². The highest BCUT2D eigenvalue weighted by Crippen LogP contribution is 2.36. The lowest BCUT2D eigenvalue weighted by Crippen LogP contribution is -2.48. The molecule has 0 atom stereocenters. The first kappa shape index (κ1) is 20.0. The molecule has 1 amide bonds. The zero-order valence-electron chi connectivity index (χ0n) is 17.3. The second kappa shape index (κ2) is 9.00. The molecule has 1 N–H and O–H groups in total. The van der Waals surface area contributed by atoms with E-state index in [-0.39, 0.29) is 11.3 Å². The smallest absolute Gasteiger partial charge is 0.226 e. The van der Waals surface area contributed by atoms with E-state index in [0.29, 0.717) is 19.3 Å². The normalized spacial score (nSPS) is 19.1. The van der Waals surface area contributed by atoms with Crippen molar-refractivity contribution in [2.24, 2.45) is 5.41 Å². The fourth-order valence-electron chi connectivity index (χ4n) is 4.73. The Balaban J connectivity index is 1.52. The summed E-state index contributed by atoms with van der Waals surface area (Å²) < 4.78 is 11.1. The highest BCUT2D eigenvalue weighted by molar-refractivity contribution is 5.83. The van der Waals surface area contributed by atoms with Crippen molar-refractivity contribution in [2.45, 2.75) is 51.0 Å². The van der Waals surface area contributed by atoms with Crippen LogP contribution in [0.3, 0.4) is 0 Å². The van der Waals surface area contributed by atoms with E-state index >= 15 is 0 Å². The van der Waals surface area contributed by atoms with Gasteiger partial charge in [0.05, 0.1) is 12.5 Å². The third-order valence-electron chi connectivity index (χ3n) is 6.54. The number of amides is 1. The molecule has 2 aromatic carbocycles.